The van der Waals surface area contributed by atoms with E-state index in [-0.39, 0.29) is 11.7 Å². The fourth-order valence-corrected chi connectivity index (χ4v) is 1.19. The second-order valence-corrected chi connectivity index (χ2v) is 4.31. The monoisotopic (exact) mass is 253 g/mol. The molecule has 0 bridgehead atoms. The number of Topliss-reactive ketones (excluding diaryl/α,β-unsaturated/α-hetero) is 1. The Morgan fingerprint density at radius 3 is 2.28 bits per heavy atom. The van der Waals surface area contributed by atoms with Gasteiger partial charge in [0.05, 0.1) is 6.61 Å². The molecule has 0 radical (unpaired) electrons. The zero-order valence-corrected chi connectivity index (χ0v) is 11.4. The molecule has 0 unspecified atom stereocenters. The third kappa shape index (κ3) is 8.70. The Morgan fingerprint density at radius 2 is 1.72 bits per heavy atom. The summed E-state index contributed by atoms with van der Waals surface area (Å²) in [6.07, 6.45) is 2.18. The molecule has 0 spiro atoms. The molecule has 1 amide bonds. The number of hydrogen-bond acceptors (Lipinski definition) is 3. The van der Waals surface area contributed by atoms with Gasteiger partial charge >= 0.3 is 0 Å². The molecule has 4 heteroatoms. The van der Waals surface area contributed by atoms with Gasteiger partial charge in [0, 0.05) is 25.1 Å². The normalized spacial score (nSPS) is 9.89. The van der Waals surface area contributed by atoms with Gasteiger partial charge in [0.1, 0.15) is 0 Å². The van der Waals surface area contributed by atoms with E-state index in [9.17, 15) is 9.59 Å². The first-order valence-electron chi connectivity index (χ1n) is 6.15. The number of ether oxygens (including phenoxy) is 1. The first kappa shape index (κ1) is 16.6. The molecular formula is C14H23NO3. The highest BCUT2D eigenvalue weighted by Gasteiger charge is 2.02. The van der Waals surface area contributed by atoms with Gasteiger partial charge in [-0.1, -0.05) is 13.2 Å². The Labute approximate surface area is 109 Å². The Balaban J connectivity index is 3.32. The van der Waals surface area contributed by atoms with Crippen molar-refractivity contribution in [1.29, 1.82) is 0 Å². The van der Waals surface area contributed by atoms with Crippen molar-refractivity contribution in [1.82, 2.24) is 5.32 Å². The van der Waals surface area contributed by atoms with Gasteiger partial charge in [0.2, 0.25) is 5.91 Å². The molecule has 0 fully saturated rings. The summed E-state index contributed by atoms with van der Waals surface area (Å²) in [5.41, 5.74) is 1.10. The summed E-state index contributed by atoms with van der Waals surface area (Å²) in [7, 11) is 0. The molecule has 102 valence electrons. The maximum Gasteiger partial charge on any atom is 0.246 e. The van der Waals surface area contributed by atoms with Crippen molar-refractivity contribution in [2.24, 2.45) is 0 Å². The first-order valence-corrected chi connectivity index (χ1v) is 6.15. The van der Waals surface area contributed by atoms with Crippen molar-refractivity contribution in [3.05, 3.63) is 24.3 Å². The van der Waals surface area contributed by atoms with Crippen molar-refractivity contribution < 1.29 is 14.3 Å². The largest absolute Gasteiger partial charge is 0.380 e. The van der Waals surface area contributed by atoms with Crippen molar-refractivity contribution in [2.75, 3.05) is 19.8 Å². The summed E-state index contributed by atoms with van der Waals surface area (Å²) < 4.78 is 5.33. The molecule has 0 rings (SSSR count). The lowest BCUT2D eigenvalue weighted by atomic mass is 10.1. The van der Waals surface area contributed by atoms with Gasteiger partial charge in [0.15, 0.2) is 5.78 Å². The van der Waals surface area contributed by atoms with E-state index in [1.807, 2.05) is 0 Å². The maximum absolute atomic E-state index is 11.2. The number of unbranched alkanes of at least 4 members (excludes halogenated alkanes) is 1. The van der Waals surface area contributed by atoms with E-state index in [2.05, 4.69) is 18.5 Å². The van der Waals surface area contributed by atoms with Crippen LogP contribution in [0.15, 0.2) is 24.3 Å². The summed E-state index contributed by atoms with van der Waals surface area (Å²) in [6, 6.07) is 0. The van der Waals surface area contributed by atoms with Gasteiger partial charge in [-0.15, -0.1) is 0 Å². The SMILES string of the molecule is C=C(C)C(=O)CCCCOCCNC(=O)C(=C)C. The summed E-state index contributed by atoms with van der Waals surface area (Å²) in [5, 5.41) is 2.68. The van der Waals surface area contributed by atoms with E-state index in [0.29, 0.717) is 37.3 Å². The number of carbonyl (C=O) groups excluding carboxylic acids is 2. The Hall–Kier alpha value is -1.42. The van der Waals surface area contributed by atoms with E-state index >= 15 is 0 Å². The number of allylic oxidation sites excluding steroid dienone is 1. The van der Waals surface area contributed by atoms with Crippen LogP contribution in [0.25, 0.3) is 0 Å². The van der Waals surface area contributed by atoms with Crippen molar-refractivity contribution in [3.8, 4) is 0 Å². The zero-order valence-electron chi connectivity index (χ0n) is 11.4. The van der Waals surface area contributed by atoms with E-state index in [1.54, 1.807) is 13.8 Å². The second-order valence-electron chi connectivity index (χ2n) is 4.31. The summed E-state index contributed by atoms with van der Waals surface area (Å²) >= 11 is 0. The van der Waals surface area contributed by atoms with Crippen LogP contribution in [0, 0.1) is 0 Å². The Morgan fingerprint density at radius 1 is 1.06 bits per heavy atom. The predicted octanol–water partition coefficient (Wildman–Crippen LogP) is 2.01. The fourth-order valence-electron chi connectivity index (χ4n) is 1.19. The van der Waals surface area contributed by atoms with Crippen LogP contribution in [0.2, 0.25) is 0 Å². The highest BCUT2D eigenvalue weighted by molar-refractivity contribution is 5.94. The van der Waals surface area contributed by atoms with Crippen LogP contribution in [-0.2, 0) is 14.3 Å². The predicted molar refractivity (Wildman–Crippen MR) is 72.3 cm³/mol. The molecule has 4 nitrogen and oxygen atoms in total. The van der Waals surface area contributed by atoms with Crippen LogP contribution in [0.3, 0.4) is 0 Å². The zero-order chi connectivity index (χ0) is 14.0. The minimum absolute atomic E-state index is 0.115. The average Bonchev–Trinajstić information content (AvgIpc) is 2.31. The minimum atomic E-state index is -0.148. The Kier molecular flexibility index (Phi) is 8.84. The molecule has 0 heterocycles. The van der Waals surface area contributed by atoms with Gasteiger partial charge in [0.25, 0.3) is 0 Å². The molecule has 0 aliphatic rings. The average molecular weight is 253 g/mol. The molecule has 0 saturated heterocycles. The highest BCUT2D eigenvalue weighted by atomic mass is 16.5. The smallest absolute Gasteiger partial charge is 0.246 e. The lowest BCUT2D eigenvalue weighted by molar-refractivity contribution is -0.118. The topological polar surface area (TPSA) is 55.4 Å². The fraction of sp³-hybridized carbons (Fsp3) is 0.571. The molecule has 0 aliphatic carbocycles. The van der Waals surface area contributed by atoms with E-state index in [4.69, 9.17) is 4.74 Å². The number of carbonyl (C=O) groups is 2. The Bertz CT molecular complexity index is 289. The molecule has 0 aromatic rings. The van der Waals surface area contributed by atoms with Gasteiger partial charge in [-0.25, -0.2) is 0 Å². The molecule has 0 aromatic carbocycles. The van der Waals surface area contributed by atoms with Crippen LogP contribution in [0.1, 0.15) is 33.1 Å². The molecule has 0 saturated carbocycles. The van der Waals surface area contributed by atoms with Crippen molar-refractivity contribution >= 4 is 11.7 Å². The van der Waals surface area contributed by atoms with Crippen LogP contribution < -0.4 is 5.32 Å². The number of ketones is 1. The van der Waals surface area contributed by atoms with Gasteiger partial charge in [-0.3, -0.25) is 9.59 Å². The summed E-state index contributed by atoms with van der Waals surface area (Å²) in [6.45, 7) is 12.1. The maximum atomic E-state index is 11.2. The molecule has 0 atom stereocenters. The van der Waals surface area contributed by atoms with Crippen LogP contribution in [0.4, 0.5) is 0 Å². The highest BCUT2D eigenvalue weighted by Crippen LogP contribution is 2.02. The molecule has 0 aromatic heterocycles. The minimum Gasteiger partial charge on any atom is -0.380 e. The lowest BCUT2D eigenvalue weighted by Gasteiger charge is -2.06. The van der Waals surface area contributed by atoms with E-state index in [0.717, 1.165) is 12.8 Å². The van der Waals surface area contributed by atoms with Crippen LogP contribution in [-0.4, -0.2) is 31.4 Å². The van der Waals surface area contributed by atoms with Gasteiger partial charge in [-0.2, -0.15) is 0 Å². The quantitative estimate of drug-likeness (QED) is 0.478. The standard InChI is InChI=1S/C14H23NO3/c1-11(2)13(16)7-5-6-9-18-10-8-15-14(17)12(3)4/h1,3,5-10H2,2,4H3,(H,15,17). The van der Waals surface area contributed by atoms with Crippen molar-refractivity contribution in [2.45, 2.75) is 33.1 Å². The summed E-state index contributed by atoms with van der Waals surface area (Å²) in [5.74, 6) is -0.0330. The molecule has 1 N–H and O–H groups in total. The summed E-state index contributed by atoms with van der Waals surface area (Å²) in [4.78, 5) is 22.3. The number of nitrogens with one attached hydrogen (secondary N) is 1. The van der Waals surface area contributed by atoms with Gasteiger partial charge in [-0.05, 0) is 32.3 Å². The number of amides is 1. The van der Waals surface area contributed by atoms with Gasteiger partial charge < -0.3 is 10.1 Å². The third-order valence-electron chi connectivity index (χ3n) is 2.34. The second kappa shape index (κ2) is 9.59. The van der Waals surface area contributed by atoms with Crippen molar-refractivity contribution in [3.63, 3.8) is 0 Å². The van der Waals surface area contributed by atoms with E-state index < -0.39 is 0 Å². The van der Waals surface area contributed by atoms with Crippen LogP contribution in [0.5, 0.6) is 0 Å². The van der Waals surface area contributed by atoms with Crippen LogP contribution >= 0.6 is 0 Å². The first-order chi connectivity index (χ1) is 8.45. The number of rotatable bonds is 10. The molecular weight excluding hydrogens is 230 g/mol. The molecule has 0 aliphatic heterocycles. The lowest BCUT2D eigenvalue weighted by Crippen LogP contribution is -2.27. The number of hydrogen-bond donors (Lipinski definition) is 1. The molecule has 18 heavy (non-hydrogen) atoms. The van der Waals surface area contributed by atoms with E-state index in [1.165, 1.54) is 0 Å². The third-order valence-corrected chi connectivity index (χ3v) is 2.34.